The van der Waals surface area contributed by atoms with E-state index in [0.29, 0.717) is 11.7 Å². The summed E-state index contributed by atoms with van der Waals surface area (Å²) >= 11 is 1.31. The lowest BCUT2D eigenvalue weighted by molar-refractivity contribution is -0.146. The van der Waals surface area contributed by atoms with E-state index in [1.54, 1.807) is 6.33 Å². The fourth-order valence-corrected chi connectivity index (χ4v) is 2.45. The molecule has 1 heterocycles. The van der Waals surface area contributed by atoms with Gasteiger partial charge in [0.25, 0.3) is 0 Å². The number of likely N-dealkylation sites (N-methyl/N-ethyl adjacent to an activating group) is 1. The van der Waals surface area contributed by atoms with Gasteiger partial charge in [-0.15, -0.1) is 10.2 Å². The first-order chi connectivity index (χ1) is 9.49. The van der Waals surface area contributed by atoms with E-state index >= 15 is 0 Å². The third-order valence-corrected chi connectivity index (χ3v) is 3.65. The number of hydrogen-bond acceptors (Lipinski definition) is 6. The second-order valence-corrected chi connectivity index (χ2v) is 5.33. The molecule has 0 aliphatic rings. The molecule has 0 atom stereocenters. The lowest BCUT2D eigenvalue weighted by atomic mass is 10.4. The van der Waals surface area contributed by atoms with Crippen molar-refractivity contribution in [2.45, 2.75) is 32.0 Å². The molecule has 0 fully saturated rings. The predicted octanol–water partition coefficient (Wildman–Crippen LogP) is 0.973. The number of esters is 1. The summed E-state index contributed by atoms with van der Waals surface area (Å²) in [6, 6.07) is 0.236. The lowest BCUT2D eigenvalue weighted by Crippen LogP contribution is -2.37. The van der Waals surface area contributed by atoms with E-state index in [9.17, 15) is 9.59 Å². The van der Waals surface area contributed by atoms with Crippen molar-refractivity contribution >= 4 is 23.6 Å². The third kappa shape index (κ3) is 4.52. The minimum Gasteiger partial charge on any atom is -0.468 e. The molecule has 0 unspecified atom stereocenters. The average molecular weight is 300 g/mol. The largest absolute Gasteiger partial charge is 0.468 e. The van der Waals surface area contributed by atoms with Gasteiger partial charge in [0.2, 0.25) is 5.91 Å². The molecule has 0 bridgehead atoms. The maximum atomic E-state index is 12.0. The molecular formula is C12H20N4O3S. The second-order valence-electron chi connectivity index (χ2n) is 4.39. The standard InChI is InChI=1S/C12H20N4O3S/c1-5-15(6-11(18)19-4)10(17)7-20-12-14-13-8-16(12)9(2)3/h8-9H,5-7H2,1-4H3. The van der Waals surface area contributed by atoms with Gasteiger partial charge >= 0.3 is 5.97 Å². The van der Waals surface area contributed by atoms with Crippen LogP contribution in [-0.2, 0) is 14.3 Å². The fourth-order valence-electron chi connectivity index (χ4n) is 1.50. The zero-order valence-electron chi connectivity index (χ0n) is 12.2. The quantitative estimate of drug-likeness (QED) is 0.551. The molecule has 0 aliphatic heterocycles. The van der Waals surface area contributed by atoms with Crippen molar-refractivity contribution in [2.75, 3.05) is 26.0 Å². The molecule has 1 aromatic rings. The molecule has 112 valence electrons. The van der Waals surface area contributed by atoms with E-state index in [0.717, 1.165) is 0 Å². The first-order valence-corrected chi connectivity index (χ1v) is 7.35. The molecule has 0 aromatic carbocycles. The van der Waals surface area contributed by atoms with Gasteiger partial charge in [0.05, 0.1) is 12.9 Å². The van der Waals surface area contributed by atoms with Gasteiger partial charge in [0.1, 0.15) is 12.9 Å². The monoisotopic (exact) mass is 300 g/mol. The number of aromatic nitrogens is 3. The van der Waals surface area contributed by atoms with E-state index in [1.807, 2.05) is 25.3 Å². The number of nitrogens with zero attached hydrogens (tertiary/aromatic N) is 4. The first-order valence-electron chi connectivity index (χ1n) is 6.36. The van der Waals surface area contributed by atoms with E-state index in [2.05, 4.69) is 14.9 Å². The van der Waals surface area contributed by atoms with Gasteiger partial charge in [-0.3, -0.25) is 9.59 Å². The Bertz CT molecular complexity index is 461. The van der Waals surface area contributed by atoms with Crippen LogP contribution in [0.5, 0.6) is 0 Å². The summed E-state index contributed by atoms with van der Waals surface area (Å²) in [5.74, 6) is -0.326. The van der Waals surface area contributed by atoms with Crippen molar-refractivity contribution in [3.63, 3.8) is 0 Å². The molecule has 0 N–H and O–H groups in total. The molecule has 0 aliphatic carbocycles. The maximum Gasteiger partial charge on any atom is 0.325 e. The van der Waals surface area contributed by atoms with Gasteiger partial charge < -0.3 is 14.2 Å². The Morgan fingerprint density at radius 1 is 1.50 bits per heavy atom. The van der Waals surface area contributed by atoms with Crippen molar-refractivity contribution in [1.82, 2.24) is 19.7 Å². The number of thioether (sulfide) groups is 1. The number of amides is 1. The van der Waals surface area contributed by atoms with Gasteiger partial charge in [0, 0.05) is 12.6 Å². The summed E-state index contributed by atoms with van der Waals surface area (Å²) in [7, 11) is 1.31. The van der Waals surface area contributed by atoms with Crippen molar-refractivity contribution in [3.8, 4) is 0 Å². The van der Waals surface area contributed by atoms with E-state index in [4.69, 9.17) is 0 Å². The summed E-state index contributed by atoms with van der Waals surface area (Å²) < 4.78 is 6.46. The average Bonchev–Trinajstić information content (AvgIpc) is 2.90. The number of ether oxygens (including phenoxy) is 1. The Balaban J connectivity index is 2.57. The number of carbonyl (C=O) groups excluding carboxylic acids is 2. The minimum atomic E-state index is -0.421. The van der Waals surface area contributed by atoms with Crippen LogP contribution in [0, 0.1) is 0 Å². The highest BCUT2D eigenvalue weighted by atomic mass is 32.2. The van der Waals surface area contributed by atoms with Crippen molar-refractivity contribution < 1.29 is 14.3 Å². The molecule has 0 radical (unpaired) electrons. The molecule has 0 saturated heterocycles. The topological polar surface area (TPSA) is 77.3 Å². The summed E-state index contributed by atoms with van der Waals surface area (Å²) in [4.78, 5) is 24.7. The number of carbonyl (C=O) groups is 2. The normalized spacial score (nSPS) is 10.7. The molecule has 1 amide bonds. The van der Waals surface area contributed by atoms with Crippen LogP contribution >= 0.6 is 11.8 Å². The van der Waals surface area contributed by atoms with Crippen LogP contribution < -0.4 is 0 Å². The van der Waals surface area contributed by atoms with Crippen LogP contribution in [0.3, 0.4) is 0 Å². The lowest BCUT2D eigenvalue weighted by Gasteiger charge is -2.19. The smallest absolute Gasteiger partial charge is 0.325 e. The fraction of sp³-hybridized carbons (Fsp3) is 0.667. The summed E-state index contributed by atoms with van der Waals surface area (Å²) in [6.45, 7) is 6.30. The highest BCUT2D eigenvalue weighted by molar-refractivity contribution is 7.99. The molecule has 20 heavy (non-hydrogen) atoms. The Hall–Kier alpha value is -1.57. The van der Waals surface area contributed by atoms with Crippen LogP contribution in [0.4, 0.5) is 0 Å². The zero-order valence-corrected chi connectivity index (χ0v) is 13.0. The van der Waals surface area contributed by atoms with Crippen LogP contribution in [0.15, 0.2) is 11.5 Å². The van der Waals surface area contributed by atoms with Gasteiger partial charge in [-0.1, -0.05) is 11.8 Å². The Morgan fingerprint density at radius 2 is 2.20 bits per heavy atom. The molecular weight excluding hydrogens is 280 g/mol. The Morgan fingerprint density at radius 3 is 2.75 bits per heavy atom. The van der Waals surface area contributed by atoms with E-state index < -0.39 is 5.97 Å². The molecule has 7 nitrogen and oxygen atoms in total. The Kier molecular flexibility index (Phi) is 6.50. The molecule has 1 aromatic heterocycles. The van der Waals surface area contributed by atoms with Crippen LogP contribution in [0.2, 0.25) is 0 Å². The Labute approximate surface area is 122 Å². The highest BCUT2D eigenvalue weighted by Crippen LogP contribution is 2.19. The van der Waals surface area contributed by atoms with Crippen molar-refractivity contribution in [2.24, 2.45) is 0 Å². The molecule has 8 heteroatoms. The first kappa shape index (κ1) is 16.5. The SMILES string of the molecule is CCN(CC(=O)OC)C(=O)CSc1nncn1C(C)C. The number of methoxy groups -OCH3 is 1. The van der Waals surface area contributed by atoms with E-state index in [-0.39, 0.29) is 24.2 Å². The van der Waals surface area contributed by atoms with Crippen LogP contribution in [0.25, 0.3) is 0 Å². The summed E-state index contributed by atoms with van der Waals surface area (Å²) in [5.41, 5.74) is 0. The van der Waals surface area contributed by atoms with Gasteiger partial charge in [-0.25, -0.2) is 0 Å². The van der Waals surface area contributed by atoms with Gasteiger partial charge in [-0.05, 0) is 20.8 Å². The zero-order chi connectivity index (χ0) is 15.1. The summed E-state index contributed by atoms with van der Waals surface area (Å²) in [5, 5.41) is 8.52. The van der Waals surface area contributed by atoms with Crippen LogP contribution in [0.1, 0.15) is 26.8 Å². The molecule has 1 rings (SSSR count). The van der Waals surface area contributed by atoms with Crippen molar-refractivity contribution in [1.29, 1.82) is 0 Å². The third-order valence-electron chi connectivity index (χ3n) is 2.70. The summed E-state index contributed by atoms with van der Waals surface area (Å²) in [6.07, 6.45) is 1.64. The predicted molar refractivity (Wildman–Crippen MR) is 75.4 cm³/mol. The number of hydrogen-bond donors (Lipinski definition) is 0. The number of rotatable bonds is 7. The van der Waals surface area contributed by atoms with Gasteiger partial charge in [0.15, 0.2) is 5.16 Å². The highest BCUT2D eigenvalue weighted by Gasteiger charge is 2.17. The minimum absolute atomic E-state index is 0.0245. The van der Waals surface area contributed by atoms with Crippen LogP contribution in [-0.4, -0.2) is 57.5 Å². The maximum absolute atomic E-state index is 12.0. The van der Waals surface area contributed by atoms with Crippen molar-refractivity contribution in [3.05, 3.63) is 6.33 Å². The second kappa shape index (κ2) is 7.88. The van der Waals surface area contributed by atoms with Gasteiger partial charge in [-0.2, -0.15) is 0 Å². The molecule has 0 saturated carbocycles. The van der Waals surface area contributed by atoms with E-state index in [1.165, 1.54) is 23.8 Å². The molecule has 0 spiro atoms.